The number of esters is 1. The number of anilines is 2. The van der Waals surface area contributed by atoms with Crippen LogP contribution >= 0.6 is 31.9 Å². The number of pyridine rings is 2. The van der Waals surface area contributed by atoms with Crippen LogP contribution < -0.4 is 17.2 Å². The zero-order valence-electron chi connectivity index (χ0n) is 11.9. The number of amides is 1. The molecule has 122 valence electrons. The second-order valence-corrected chi connectivity index (χ2v) is 5.62. The van der Waals surface area contributed by atoms with Gasteiger partial charge in [0.15, 0.2) is 11.4 Å². The van der Waals surface area contributed by atoms with Gasteiger partial charge in [-0.2, -0.15) is 0 Å². The van der Waals surface area contributed by atoms with Gasteiger partial charge in [-0.25, -0.2) is 14.8 Å². The fourth-order valence-corrected chi connectivity index (χ4v) is 1.97. The van der Waals surface area contributed by atoms with Crippen molar-refractivity contribution in [1.29, 1.82) is 0 Å². The molecule has 0 aliphatic heterocycles. The van der Waals surface area contributed by atoms with Crippen molar-refractivity contribution in [3.8, 4) is 0 Å². The third kappa shape index (κ3) is 5.49. The Morgan fingerprint density at radius 1 is 0.957 bits per heavy atom. The molecule has 0 fully saturated rings. The van der Waals surface area contributed by atoms with Crippen molar-refractivity contribution in [2.75, 3.05) is 18.6 Å². The number of hydrogen-bond acceptors (Lipinski definition) is 7. The molecule has 0 unspecified atom stereocenters. The molecule has 0 saturated heterocycles. The molecule has 6 N–H and O–H groups in total. The highest BCUT2D eigenvalue weighted by Crippen LogP contribution is 2.14. The summed E-state index contributed by atoms with van der Waals surface area (Å²) in [5.74, 6) is -1.16. The van der Waals surface area contributed by atoms with Crippen LogP contribution in [0.5, 0.6) is 0 Å². The van der Waals surface area contributed by atoms with Crippen LogP contribution in [0.15, 0.2) is 33.5 Å². The Morgan fingerprint density at radius 2 is 1.39 bits per heavy atom. The van der Waals surface area contributed by atoms with Crippen molar-refractivity contribution in [3.05, 3.63) is 44.9 Å². The molecule has 10 heteroatoms. The third-order valence-corrected chi connectivity index (χ3v) is 3.28. The Bertz CT molecular complexity index is 740. The molecule has 0 bridgehead atoms. The first-order chi connectivity index (χ1) is 10.8. The molecule has 0 aliphatic rings. The minimum absolute atomic E-state index is 0.0966. The lowest BCUT2D eigenvalue weighted by Crippen LogP contribution is -2.15. The SMILES string of the molecule is COC(=O)c1nc(Br)ccc1N.NC(=O)c1nc(Br)ccc1N. The van der Waals surface area contributed by atoms with E-state index in [0.29, 0.717) is 20.6 Å². The molecule has 0 saturated carbocycles. The molecule has 2 aromatic heterocycles. The fourth-order valence-electron chi connectivity index (χ4n) is 1.35. The highest BCUT2D eigenvalue weighted by atomic mass is 79.9. The maximum atomic E-state index is 11.0. The van der Waals surface area contributed by atoms with Gasteiger partial charge in [-0.15, -0.1) is 0 Å². The molecular formula is C13H13Br2N5O3. The minimum atomic E-state index is -0.621. The zero-order valence-corrected chi connectivity index (χ0v) is 15.1. The van der Waals surface area contributed by atoms with E-state index in [2.05, 4.69) is 46.6 Å². The average molecular weight is 447 g/mol. The molecule has 2 heterocycles. The van der Waals surface area contributed by atoms with Crippen molar-refractivity contribution in [2.45, 2.75) is 0 Å². The molecule has 1 amide bonds. The largest absolute Gasteiger partial charge is 0.464 e. The summed E-state index contributed by atoms with van der Waals surface area (Å²) in [7, 11) is 1.28. The number of hydrogen-bond donors (Lipinski definition) is 3. The van der Waals surface area contributed by atoms with Crippen molar-refractivity contribution in [2.24, 2.45) is 5.73 Å². The van der Waals surface area contributed by atoms with Gasteiger partial charge in [-0.1, -0.05) is 0 Å². The predicted octanol–water partition coefficient (Wildman–Crippen LogP) is 1.74. The van der Waals surface area contributed by atoms with Crippen LogP contribution in [0.2, 0.25) is 0 Å². The Hall–Kier alpha value is -2.20. The van der Waals surface area contributed by atoms with Gasteiger partial charge in [0.05, 0.1) is 18.5 Å². The number of nitrogens with zero attached hydrogens (tertiary/aromatic N) is 2. The van der Waals surface area contributed by atoms with Crippen molar-refractivity contribution >= 4 is 55.1 Å². The number of carbonyl (C=O) groups is 2. The molecule has 0 radical (unpaired) electrons. The quantitative estimate of drug-likeness (QED) is 0.469. The van der Waals surface area contributed by atoms with Crippen LogP contribution in [0.1, 0.15) is 21.0 Å². The molecule has 8 nitrogen and oxygen atoms in total. The molecule has 2 aromatic rings. The predicted molar refractivity (Wildman–Crippen MR) is 92.6 cm³/mol. The van der Waals surface area contributed by atoms with Crippen molar-refractivity contribution in [3.63, 3.8) is 0 Å². The first kappa shape index (κ1) is 18.8. The van der Waals surface area contributed by atoms with Gasteiger partial charge in [-0.3, -0.25) is 4.79 Å². The van der Waals surface area contributed by atoms with E-state index in [1.54, 1.807) is 24.3 Å². The van der Waals surface area contributed by atoms with Crippen molar-refractivity contribution in [1.82, 2.24) is 9.97 Å². The van der Waals surface area contributed by atoms with Crippen LogP contribution in [-0.2, 0) is 4.74 Å². The number of ether oxygens (including phenoxy) is 1. The fraction of sp³-hybridized carbons (Fsp3) is 0.0769. The lowest BCUT2D eigenvalue weighted by Gasteiger charge is -2.01. The van der Waals surface area contributed by atoms with E-state index in [1.165, 1.54) is 7.11 Å². The maximum absolute atomic E-state index is 11.0. The van der Waals surface area contributed by atoms with Gasteiger partial charge in [0.2, 0.25) is 0 Å². The van der Waals surface area contributed by atoms with Gasteiger partial charge >= 0.3 is 5.97 Å². The number of rotatable bonds is 2. The Balaban J connectivity index is 0.000000231. The lowest BCUT2D eigenvalue weighted by atomic mass is 10.3. The first-order valence-electron chi connectivity index (χ1n) is 5.98. The third-order valence-electron chi connectivity index (χ3n) is 2.40. The zero-order chi connectivity index (χ0) is 17.6. The molecule has 0 spiro atoms. The minimum Gasteiger partial charge on any atom is -0.464 e. The summed E-state index contributed by atoms with van der Waals surface area (Å²) in [6.45, 7) is 0. The van der Waals surface area contributed by atoms with E-state index in [0.717, 1.165) is 0 Å². The van der Waals surface area contributed by atoms with E-state index in [9.17, 15) is 9.59 Å². The van der Waals surface area contributed by atoms with E-state index in [1.807, 2.05) is 0 Å². The number of halogens is 2. The second-order valence-electron chi connectivity index (χ2n) is 4.00. The van der Waals surface area contributed by atoms with Crippen LogP contribution in [0.25, 0.3) is 0 Å². The van der Waals surface area contributed by atoms with E-state index in [4.69, 9.17) is 17.2 Å². The highest BCUT2D eigenvalue weighted by Gasteiger charge is 2.11. The van der Waals surface area contributed by atoms with Crippen LogP contribution in [-0.4, -0.2) is 29.0 Å². The van der Waals surface area contributed by atoms with Gasteiger partial charge in [0.1, 0.15) is 9.21 Å². The summed E-state index contributed by atoms with van der Waals surface area (Å²) in [6.07, 6.45) is 0. The molecule has 0 aromatic carbocycles. The topological polar surface area (TPSA) is 147 Å². The monoisotopic (exact) mass is 445 g/mol. The number of aromatic nitrogens is 2. The summed E-state index contributed by atoms with van der Waals surface area (Å²) < 4.78 is 5.56. The Kier molecular flexibility index (Phi) is 6.91. The van der Waals surface area contributed by atoms with Crippen LogP contribution in [0.3, 0.4) is 0 Å². The number of methoxy groups -OCH3 is 1. The van der Waals surface area contributed by atoms with Crippen LogP contribution in [0, 0.1) is 0 Å². The number of carbonyl (C=O) groups excluding carboxylic acids is 2. The highest BCUT2D eigenvalue weighted by molar-refractivity contribution is 9.10. The van der Waals surface area contributed by atoms with Gasteiger partial charge < -0.3 is 21.9 Å². The number of primary amides is 1. The molecular weight excluding hydrogens is 434 g/mol. The number of nitrogens with two attached hydrogens (primary N) is 3. The van der Waals surface area contributed by atoms with Crippen LogP contribution in [0.4, 0.5) is 11.4 Å². The van der Waals surface area contributed by atoms with Gasteiger partial charge in [-0.05, 0) is 56.1 Å². The summed E-state index contributed by atoms with van der Waals surface area (Å²) >= 11 is 6.21. The summed E-state index contributed by atoms with van der Waals surface area (Å²) in [5.41, 5.74) is 16.7. The van der Waals surface area contributed by atoms with Gasteiger partial charge in [0.25, 0.3) is 5.91 Å². The smallest absolute Gasteiger partial charge is 0.358 e. The molecule has 23 heavy (non-hydrogen) atoms. The summed E-state index contributed by atoms with van der Waals surface area (Å²) in [4.78, 5) is 29.3. The first-order valence-corrected chi connectivity index (χ1v) is 7.57. The maximum Gasteiger partial charge on any atom is 0.358 e. The molecule has 2 rings (SSSR count). The Morgan fingerprint density at radius 3 is 1.78 bits per heavy atom. The van der Waals surface area contributed by atoms with Crippen molar-refractivity contribution < 1.29 is 14.3 Å². The van der Waals surface area contributed by atoms with E-state index in [-0.39, 0.29) is 11.4 Å². The van der Waals surface area contributed by atoms with E-state index >= 15 is 0 Å². The summed E-state index contributed by atoms with van der Waals surface area (Å²) in [6, 6.07) is 6.45. The number of nitrogen functional groups attached to an aromatic ring is 2. The normalized spacial score (nSPS) is 9.52. The summed E-state index contributed by atoms with van der Waals surface area (Å²) in [5, 5.41) is 0. The van der Waals surface area contributed by atoms with E-state index < -0.39 is 11.9 Å². The Labute approximate surface area is 148 Å². The standard InChI is InChI=1S/C7H7BrN2O2.C6H6BrN3O/c1-12-7(11)6-4(9)2-3-5(8)10-6;7-4-2-1-3(8)5(10-4)6(9)11/h2-3H,9H2,1H3;1-2H,8H2,(H2,9,11). The van der Waals surface area contributed by atoms with Gasteiger partial charge in [0, 0.05) is 0 Å². The second kappa shape index (κ2) is 8.44. The average Bonchev–Trinajstić information content (AvgIpc) is 2.51. The molecule has 0 aliphatic carbocycles. The molecule has 0 atom stereocenters. The lowest BCUT2D eigenvalue weighted by molar-refractivity contribution is 0.0595.